The highest BCUT2D eigenvalue weighted by Crippen LogP contribution is 2.16. The van der Waals surface area contributed by atoms with Crippen LogP contribution in [0.15, 0.2) is 36.5 Å². The topological polar surface area (TPSA) is 95.9 Å². The Balaban J connectivity index is 3.46. The van der Waals surface area contributed by atoms with Gasteiger partial charge in [0.25, 0.3) is 0 Å². The Labute approximate surface area is 398 Å². The molecular weight excluding hydrogens is 791 g/mol. The van der Waals surface area contributed by atoms with Crippen molar-refractivity contribution >= 4 is 11.9 Å². The monoisotopic (exact) mass is 900 g/mol. The average molecular weight is 901 g/mol. The van der Waals surface area contributed by atoms with Crippen LogP contribution in [0.1, 0.15) is 296 Å². The number of unbranched alkanes of at least 4 members (excludes halogenated alkanes) is 35. The average Bonchev–Trinajstić information content (AvgIpc) is 3.29. The van der Waals surface area contributed by atoms with Crippen molar-refractivity contribution in [2.24, 2.45) is 0 Å². The lowest BCUT2D eigenvalue weighted by Gasteiger charge is -2.22. The van der Waals surface area contributed by atoms with Crippen LogP contribution in [0.3, 0.4) is 0 Å². The van der Waals surface area contributed by atoms with Crippen molar-refractivity contribution in [2.75, 3.05) is 13.2 Å². The number of esters is 1. The molecule has 0 saturated heterocycles. The number of hydrogen-bond donors (Lipinski definition) is 3. The predicted octanol–water partition coefficient (Wildman–Crippen LogP) is 17.2. The van der Waals surface area contributed by atoms with E-state index in [1.165, 1.54) is 205 Å². The van der Waals surface area contributed by atoms with Gasteiger partial charge < -0.3 is 20.3 Å². The van der Waals surface area contributed by atoms with Crippen molar-refractivity contribution < 1.29 is 24.5 Å². The van der Waals surface area contributed by atoms with Crippen LogP contribution in [0, 0.1) is 0 Å². The van der Waals surface area contributed by atoms with Crippen molar-refractivity contribution in [1.82, 2.24) is 5.32 Å². The van der Waals surface area contributed by atoms with Gasteiger partial charge in [-0.1, -0.05) is 243 Å². The first-order valence-corrected chi connectivity index (χ1v) is 28.2. The quantitative estimate of drug-likeness (QED) is 0.0321. The molecule has 2 unspecified atom stereocenters. The molecule has 0 saturated carbocycles. The van der Waals surface area contributed by atoms with Crippen LogP contribution in [0.4, 0.5) is 0 Å². The minimum atomic E-state index is -0.670. The van der Waals surface area contributed by atoms with E-state index in [1.807, 2.05) is 0 Å². The molecule has 0 radical (unpaired) electrons. The van der Waals surface area contributed by atoms with Gasteiger partial charge >= 0.3 is 5.97 Å². The summed E-state index contributed by atoms with van der Waals surface area (Å²) in [5.41, 5.74) is 0. The zero-order valence-electron chi connectivity index (χ0n) is 42.8. The van der Waals surface area contributed by atoms with Crippen molar-refractivity contribution in [3.63, 3.8) is 0 Å². The van der Waals surface area contributed by atoms with E-state index in [2.05, 4.69) is 55.6 Å². The molecule has 2 atom stereocenters. The second-order valence-corrected chi connectivity index (χ2v) is 19.3. The molecule has 64 heavy (non-hydrogen) atoms. The summed E-state index contributed by atoms with van der Waals surface area (Å²) in [5, 5.41) is 23.2. The number of amides is 1. The lowest BCUT2D eigenvalue weighted by molar-refractivity contribution is -0.143. The maximum Gasteiger partial charge on any atom is 0.305 e. The van der Waals surface area contributed by atoms with Crippen LogP contribution < -0.4 is 5.32 Å². The first-order valence-electron chi connectivity index (χ1n) is 28.2. The molecule has 0 rings (SSSR count). The van der Waals surface area contributed by atoms with E-state index in [-0.39, 0.29) is 18.5 Å². The Bertz CT molecular complexity index is 1040. The van der Waals surface area contributed by atoms with Crippen LogP contribution in [-0.4, -0.2) is 47.4 Å². The summed E-state index contributed by atoms with van der Waals surface area (Å²) < 4.78 is 5.45. The van der Waals surface area contributed by atoms with Gasteiger partial charge in [0.15, 0.2) is 0 Å². The maximum atomic E-state index is 12.4. The molecule has 0 fully saturated rings. The summed E-state index contributed by atoms with van der Waals surface area (Å²) in [7, 11) is 0. The third-order valence-electron chi connectivity index (χ3n) is 12.9. The Hall–Kier alpha value is -1.92. The Morgan fingerprint density at radius 3 is 1.25 bits per heavy atom. The largest absolute Gasteiger partial charge is 0.466 e. The molecule has 3 N–H and O–H groups in total. The number of ether oxygens (including phenoxy) is 1. The van der Waals surface area contributed by atoms with E-state index in [9.17, 15) is 19.8 Å². The fourth-order valence-electron chi connectivity index (χ4n) is 8.53. The van der Waals surface area contributed by atoms with Gasteiger partial charge in [0.05, 0.1) is 25.4 Å². The number of hydrogen-bond acceptors (Lipinski definition) is 5. The van der Waals surface area contributed by atoms with Gasteiger partial charge in [0.2, 0.25) is 5.91 Å². The minimum absolute atomic E-state index is 0.00444. The third-order valence-corrected chi connectivity index (χ3v) is 12.9. The van der Waals surface area contributed by atoms with E-state index in [4.69, 9.17) is 4.74 Å². The van der Waals surface area contributed by atoms with Gasteiger partial charge in [-0.05, 0) is 77.0 Å². The summed E-state index contributed by atoms with van der Waals surface area (Å²) in [4.78, 5) is 24.4. The number of rotatable bonds is 52. The van der Waals surface area contributed by atoms with E-state index in [0.29, 0.717) is 25.9 Å². The number of carbonyl (C=O) groups excluding carboxylic acids is 2. The fraction of sp³-hybridized carbons (Fsp3) is 0.862. The van der Waals surface area contributed by atoms with Crippen LogP contribution in [-0.2, 0) is 14.3 Å². The molecule has 0 bridgehead atoms. The van der Waals surface area contributed by atoms with Gasteiger partial charge in [0.1, 0.15) is 0 Å². The number of nitrogens with one attached hydrogen (secondary N) is 1. The summed E-state index contributed by atoms with van der Waals surface area (Å²) in [5.74, 6) is -0.0501. The van der Waals surface area contributed by atoms with Crippen LogP contribution >= 0.6 is 0 Å². The molecule has 0 aliphatic rings. The number of allylic oxidation sites excluding steroid dienone is 6. The number of aliphatic hydroxyl groups excluding tert-OH is 2. The van der Waals surface area contributed by atoms with Crippen LogP contribution in [0.2, 0.25) is 0 Å². The first kappa shape index (κ1) is 62.1. The summed E-state index contributed by atoms with van der Waals surface area (Å²) in [6.07, 6.45) is 65.6. The van der Waals surface area contributed by atoms with Crippen LogP contribution in [0.5, 0.6) is 0 Å². The zero-order valence-corrected chi connectivity index (χ0v) is 42.8. The summed E-state index contributed by atoms with van der Waals surface area (Å²) >= 11 is 0. The van der Waals surface area contributed by atoms with Crippen molar-refractivity contribution in [1.29, 1.82) is 0 Å². The Kier molecular flexibility index (Phi) is 52.1. The predicted molar refractivity (Wildman–Crippen MR) is 278 cm³/mol. The molecule has 6 heteroatoms. The highest BCUT2D eigenvalue weighted by Gasteiger charge is 2.20. The molecule has 0 aliphatic heterocycles. The zero-order chi connectivity index (χ0) is 46.5. The molecule has 0 aromatic rings. The minimum Gasteiger partial charge on any atom is -0.466 e. The highest BCUT2D eigenvalue weighted by molar-refractivity contribution is 5.76. The standard InChI is InChI=1S/C58H109NO5/c1-3-5-7-9-11-13-15-27-31-34-38-42-46-50-56(61)55(54-60)59-57(62)51-47-43-39-35-32-28-25-23-21-19-17-16-18-20-22-24-26-29-33-37-41-45-49-53-64-58(63)52-48-44-40-36-30-14-12-10-8-6-4-2/h10,12,16,18-19,21,55-56,60-61H,3-9,11,13-15,17,20,22-54H2,1-2H3,(H,59,62)/b12-10-,18-16-,21-19-. The van der Waals surface area contributed by atoms with Crippen molar-refractivity contribution in [3.8, 4) is 0 Å². The second kappa shape index (κ2) is 53.7. The Morgan fingerprint density at radius 2 is 0.797 bits per heavy atom. The lowest BCUT2D eigenvalue weighted by atomic mass is 10.0. The van der Waals surface area contributed by atoms with E-state index in [0.717, 1.165) is 57.8 Å². The van der Waals surface area contributed by atoms with Gasteiger partial charge in [-0.15, -0.1) is 0 Å². The fourth-order valence-corrected chi connectivity index (χ4v) is 8.53. The molecule has 0 aliphatic carbocycles. The van der Waals surface area contributed by atoms with Gasteiger partial charge in [-0.2, -0.15) is 0 Å². The number of carbonyl (C=O) groups is 2. The molecule has 0 heterocycles. The van der Waals surface area contributed by atoms with Gasteiger partial charge in [-0.3, -0.25) is 9.59 Å². The summed E-state index contributed by atoms with van der Waals surface area (Å²) in [6, 6.07) is -0.548. The SMILES string of the molecule is CCCC/C=C\CCCCCCCC(=O)OCCCCCCCCCCC/C=C\C/C=C\CCCCCCCCCC(=O)NC(CO)C(O)CCCCCCCCCCCCCCC. The molecule has 1 amide bonds. The Morgan fingerprint density at radius 1 is 0.438 bits per heavy atom. The molecule has 0 aromatic heterocycles. The second-order valence-electron chi connectivity index (χ2n) is 19.3. The van der Waals surface area contributed by atoms with E-state index >= 15 is 0 Å². The lowest BCUT2D eigenvalue weighted by Crippen LogP contribution is -2.45. The summed E-state index contributed by atoms with van der Waals surface area (Å²) in [6.45, 7) is 4.90. The van der Waals surface area contributed by atoms with Crippen LogP contribution in [0.25, 0.3) is 0 Å². The highest BCUT2D eigenvalue weighted by atomic mass is 16.5. The van der Waals surface area contributed by atoms with Crippen molar-refractivity contribution in [3.05, 3.63) is 36.5 Å². The smallest absolute Gasteiger partial charge is 0.305 e. The molecule has 0 aromatic carbocycles. The van der Waals surface area contributed by atoms with Crippen molar-refractivity contribution in [2.45, 2.75) is 309 Å². The molecule has 376 valence electrons. The first-order chi connectivity index (χ1) is 31.5. The normalized spacial score (nSPS) is 12.9. The van der Waals surface area contributed by atoms with Gasteiger partial charge in [0, 0.05) is 12.8 Å². The third kappa shape index (κ3) is 49.5. The molecule has 0 spiro atoms. The molecular formula is C58H109NO5. The van der Waals surface area contributed by atoms with E-state index < -0.39 is 12.1 Å². The maximum absolute atomic E-state index is 12.4. The van der Waals surface area contributed by atoms with Gasteiger partial charge in [-0.25, -0.2) is 0 Å². The van der Waals surface area contributed by atoms with E-state index in [1.54, 1.807) is 0 Å². The number of aliphatic hydroxyl groups is 2. The molecule has 6 nitrogen and oxygen atoms in total.